The van der Waals surface area contributed by atoms with Gasteiger partial charge in [0.2, 0.25) is 5.88 Å². The topological polar surface area (TPSA) is 64.5 Å². The molecule has 6 nitrogen and oxygen atoms in total. The fourth-order valence-corrected chi connectivity index (χ4v) is 5.19. The van der Waals surface area contributed by atoms with Gasteiger partial charge >= 0.3 is 5.97 Å². The first-order valence-corrected chi connectivity index (χ1v) is 11.9. The van der Waals surface area contributed by atoms with Crippen molar-refractivity contribution in [1.29, 1.82) is 0 Å². The predicted octanol–water partition coefficient (Wildman–Crippen LogP) is 6.26. The number of thiophene rings is 1. The van der Waals surface area contributed by atoms with Crippen LogP contribution in [0.15, 0.2) is 18.2 Å². The maximum Gasteiger partial charge on any atom is 0.348 e. The first-order chi connectivity index (χ1) is 15.0. The smallest absolute Gasteiger partial charge is 0.348 e. The van der Waals surface area contributed by atoms with Crippen LogP contribution >= 0.6 is 34.5 Å². The van der Waals surface area contributed by atoms with Crippen LogP contribution in [0.25, 0.3) is 10.2 Å². The van der Waals surface area contributed by atoms with Gasteiger partial charge in [-0.1, -0.05) is 29.6 Å². The molecule has 0 unspecified atom stereocenters. The van der Waals surface area contributed by atoms with Crippen molar-refractivity contribution in [3.05, 3.63) is 44.5 Å². The Morgan fingerprint density at radius 1 is 1.19 bits per heavy atom. The Morgan fingerprint density at radius 2 is 1.97 bits per heavy atom. The van der Waals surface area contributed by atoms with Gasteiger partial charge in [0.15, 0.2) is 0 Å². The number of nitrogens with zero attached hydrogens (tertiary/aromatic N) is 3. The van der Waals surface area contributed by atoms with E-state index in [0.717, 1.165) is 18.7 Å². The molecule has 1 fully saturated rings. The number of benzene rings is 1. The van der Waals surface area contributed by atoms with Gasteiger partial charge < -0.3 is 9.47 Å². The van der Waals surface area contributed by atoms with Crippen LogP contribution in [0.1, 0.15) is 47.2 Å². The summed E-state index contributed by atoms with van der Waals surface area (Å²) in [6.45, 7) is 6.63. The minimum Gasteiger partial charge on any atom is -0.462 e. The van der Waals surface area contributed by atoms with Crippen molar-refractivity contribution in [2.45, 2.75) is 39.7 Å². The van der Waals surface area contributed by atoms with Crippen LogP contribution in [0.2, 0.25) is 10.0 Å². The summed E-state index contributed by atoms with van der Waals surface area (Å²) in [5.41, 5.74) is 0.739. The van der Waals surface area contributed by atoms with Crippen LogP contribution in [-0.4, -0.2) is 40.5 Å². The second kappa shape index (κ2) is 9.69. The highest BCUT2D eigenvalue weighted by Gasteiger charge is 2.24. The lowest BCUT2D eigenvalue weighted by Crippen LogP contribution is -2.29. The van der Waals surface area contributed by atoms with Crippen molar-refractivity contribution in [2.75, 3.05) is 19.7 Å². The number of halogens is 2. The number of fused-ring (bicyclic) bond motifs is 1. The van der Waals surface area contributed by atoms with Crippen molar-refractivity contribution in [1.82, 2.24) is 14.9 Å². The molecule has 9 heteroatoms. The highest BCUT2D eigenvalue weighted by atomic mass is 35.5. The predicted molar refractivity (Wildman–Crippen MR) is 124 cm³/mol. The van der Waals surface area contributed by atoms with E-state index < -0.39 is 0 Å². The average Bonchev–Trinajstić information content (AvgIpc) is 3.08. The number of carbonyl (C=O) groups excluding carboxylic acids is 1. The molecule has 2 aromatic heterocycles. The highest BCUT2D eigenvalue weighted by Crippen LogP contribution is 2.39. The van der Waals surface area contributed by atoms with E-state index >= 15 is 0 Å². The molecule has 0 spiro atoms. The quantitative estimate of drug-likeness (QED) is 0.388. The summed E-state index contributed by atoms with van der Waals surface area (Å²) in [6, 6.07) is 5.03. The molecule has 31 heavy (non-hydrogen) atoms. The first kappa shape index (κ1) is 22.3. The van der Waals surface area contributed by atoms with Gasteiger partial charge in [0, 0.05) is 5.02 Å². The van der Waals surface area contributed by atoms with E-state index in [1.807, 2.05) is 6.92 Å². The molecule has 164 valence electrons. The molecule has 0 N–H and O–H groups in total. The molecule has 0 bridgehead atoms. The van der Waals surface area contributed by atoms with Crippen LogP contribution in [0, 0.1) is 6.92 Å². The fourth-order valence-electron chi connectivity index (χ4n) is 3.66. The van der Waals surface area contributed by atoms with Gasteiger partial charge in [0.05, 0.1) is 23.6 Å². The van der Waals surface area contributed by atoms with Gasteiger partial charge in [0.25, 0.3) is 0 Å². The summed E-state index contributed by atoms with van der Waals surface area (Å²) in [7, 11) is 0. The molecule has 0 radical (unpaired) electrons. The molecule has 1 aromatic carbocycles. The third-order valence-corrected chi connectivity index (χ3v) is 6.87. The van der Waals surface area contributed by atoms with Crippen molar-refractivity contribution in [3.8, 4) is 11.6 Å². The molecule has 0 atom stereocenters. The molecule has 3 aromatic rings. The zero-order chi connectivity index (χ0) is 22.0. The number of carbonyl (C=O) groups is 1. The zero-order valence-electron chi connectivity index (χ0n) is 17.4. The summed E-state index contributed by atoms with van der Waals surface area (Å²) in [6.07, 6.45) is 3.61. The molecule has 0 saturated carbocycles. The van der Waals surface area contributed by atoms with Crippen molar-refractivity contribution >= 4 is 50.7 Å². The first-order valence-electron chi connectivity index (χ1n) is 10.3. The Hall–Kier alpha value is -1.93. The summed E-state index contributed by atoms with van der Waals surface area (Å²) >= 11 is 13.7. The maximum absolute atomic E-state index is 12.5. The molecule has 1 aliphatic heterocycles. The van der Waals surface area contributed by atoms with Gasteiger partial charge in [0.1, 0.15) is 21.3 Å². The second-order valence-electron chi connectivity index (χ2n) is 7.42. The molecular formula is C22H23Cl2N3O3S. The number of rotatable bonds is 6. The number of aryl methyl sites for hydroxylation is 1. The number of hydrogen-bond donors (Lipinski definition) is 0. The van der Waals surface area contributed by atoms with Gasteiger partial charge in [-0.15, -0.1) is 11.3 Å². The second-order valence-corrected chi connectivity index (χ2v) is 9.26. The molecular weight excluding hydrogens is 457 g/mol. The van der Waals surface area contributed by atoms with E-state index in [1.54, 1.807) is 25.1 Å². The maximum atomic E-state index is 12.5. The standard InChI is InChI=1S/C22H23Cl2N3O3S/c1-3-29-22(28)19-13(2)18-20(30-16-8-7-14(23)11-15(16)24)25-17(26-21(18)31-19)12-27-9-5-4-6-10-27/h7-8,11H,3-6,9-10,12H2,1-2H3. The minimum absolute atomic E-state index is 0.308. The number of ether oxygens (including phenoxy) is 2. The molecule has 1 saturated heterocycles. The fraction of sp³-hybridized carbons (Fsp3) is 0.409. The minimum atomic E-state index is -0.365. The van der Waals surface area contributed by atoms with E-state index in [-0.39, 0.29) is 5.97 Å². The van der Waals surface area contributed by atoms with E-state index in [1.165, 1.54) is 30.6 Å². The Labute approximate surface area is 195 Å². The summed E-state index contributed by atoms with van der Waals surface area (Å²) in [4.78, 5) is 25.5. The van der Waals surface area contributed by atoms with Crippen molar-refractivity contribution in [3.63, 3.8) is 0 Å². The lowest BCUT2D eigenvalue weighted by atomic mass is 10.1. The van der Waals surface area contributed by atoms with E-state index in [0.29, 0.717) is 55.7 Å². The van der Waals surface area contributed by atoms with Crippen molar-refractivity contribution in [2.24, 2.45) is 0 Å². The normalized spacial score (nSPS) is 14.7. The largest absolute Gasteiger partial charge is 0.462 e. The Morgan fingerprint density at radius 3 is 2.68 bits per heavy atom. The Balaban J connectivity index is 1.78. The van der Waals surface area contributed by atoms with Gasteiger partial charge in [-0.05, 0) is 63.5 Å². The number of piperidine rings is 1. The average molecular weight is 480 g/mol. The summed E-state index contributed by atoms with van der Waals surface area (Å²) in [5.74, 6) is 1.12. The highest BCUT2D eigenvalue weighted by molar-refractivity contribution is 7.20. The molecule has 4 rings (SSSR count). The third-order valence-electron chi connectivity index (χ3n) is 5.18. The number of aromatic nitrogens is 2. The number of likely N-dealkylation sites (tertiary alicyclic amines) is 1. The van der Waals surface area contributed by atoms with E-state index in [9.17, 15) is 4.79 Å². The third kappa shape index (κ3) is 4.95. The van der Waals surface area contributed by atoms with E-state index in [4.69, 9.17) is 42.6 Å². The lowest BCUT2D eigenvalue weighted by Gasteiger charge is -2.25. The summed E-state index contributed by atoms with van der Waals surface area (Å²) < 4.78 is 11.4. The zero-order valence-corrected chi connectivity index (χ0v) is 19.7. The Bertz CT molecular complexity index is 1110. The monoisotopic (exact) mass is 479 g/mol. The van der Waals surface area contributed by atoms with Crippen LogP contribution < -0.4 is 4.74 Å². The summed E-state index contributed by atoms with van der Waals surface area (Å²) in [5, 5.41) is 1.60. The van der Waals surface area contributed by atoms with Crippen LogP contribution in [-0.2, 0) is 11.3 Å². The SMILES string of the molecule is CCOC(=O)c1sc2nc(CN3CCCCC3)nc(Oc3ccc(Cl)cc3Cl)c2c1C. The van der Waals surface area contributed by atoms with Gasteiger partial charge in [-0.25, -0.2) is 9.78 Å². The van der Waals surface area contributed by atoms with Crippen LogP contribution in [0.4, 0.5) is 0 Å². The molecule has 1 aliphatic rings. The van der Waals surface area contributed by atoms with Crippen LogP contribution in [0.5, 0.6) is 11.6 Å². The van der Waals surface area contributed by atoms with Crippen molar-refractivity contribution < 1.29 is 14.3 Å². The molecule has 0 amide bonds. The van der Waals surface area contributed by atoms with Crippen LogP contribution in [0.3, 0.4) is 0 Å². The number of hydrogen-bond acceptors (Lipinski definition) is 7. The van der Waals surface area contributed by atoms with E-state index in [2.05, 4.69) is 4.90 Å². The van der Waals surface area contributed by atoms with Gasteiger partial charge in [-0.2, -0.15) is 4.98 Å². The molecule has 0 aliphatic carbocycles. The lowest BCUT2D eigenvalue weighted by molar-refractivity contribution is 0.0531. The number of esters is 1. The molecule has 3 heterocycles. The Kier molecular flexibility index (Phi) is 6.96. The van der Waals surface area contributed by atoms with Gasteiger partial charge in [-0.3, -0.25) is 4.90 Å².